The van der Waals surface area contributed by atoms with Crippen LogP contribution >= 0.6 is 0 Å². The zero-order valence-electron chi connectivity index (χ0n) is 15.0. The van der Waals surface area contributed by atoms with Crippen molar-refractivity contribution in [3.8, 4) is 11.5 Å². The summed E-state index contributed by atoms with van der Waals surface area (Å²) in [7, 11) is 1.69. The molecule has 27 heavy (non-hydrogen) atoms. The van der Waals surface area contributed by atoms with Crippen LogP contribution in [0.4, 0.5) is 4.39 Å². The zero-order valence-corrected chi connectivity index (χ0v) is 15.0. The van der Waals surface area contributed by atoms with Crippen LogP contribution in [-0.4, -0.2) is 36.5 Å². The molecular weight excluding hydrogens is 349 g/mol. The second-order valence-corrected chi connectivity index (χ2v) is 6.15. The number of carbonyl (C=O) groups is 1. The van der Waals surface area contributed by atoms with Crippen molar-refractivity contribution >= 4 is 11.9 Å². The van der Waals surface area contributed by atoms with E-state index >= 15 is 0 Å². The van der Waals surface area contributed by atoms with E-state index in [4.69, 9.17) is 4.74 Å². The molecule has 142 valence electrons. The third-order valence-electron chi connectivity index (χ3n) is 4.10. The molecule has 7 nitrogen and oxygen atoms in total. The number of carbonyl (C=O) groups excluding carboxylic acids is 1. The second-order valence-electron chi connectivity index (χ2n) is 6.15. The minimum atomic E-state index is -0.307. The van der Waals surface area contributed by atoms with Gasteiger partial charge in [0.1, 0.15) is 17.3 Å². The molecule has 1 aliphatic rings. The third-order valence-corrected chi connectivity index (χ3v) is 4.10. The molecule has 1 unspecified atom stereocenters. The molecule has 3 N–H and O–H groups in total. The van der Waals surface area contributed by atoms with Gasteiger partial charge in [-0.25, -0.2) is 4.39 Å². The first kappa shape index (κ1) is 18.6. The van der Waals surface area contributed by atoms with Crippen molar-refractivity contribution in [1.29, 1.82) is 0 Å². The Bertz CT molecular complexity index is 800. The number of ether oxygens (including phenoxy) is 1. The predicted molar refractivity (Wildman–Crippen MR) is 100 cm³/mol. The molecule has 0 bridgehead atoms. The van der Waals surface area contributed by atoms with E-state index in [1.54, 1.807) is 31.4 Å². The number of amides is 1. The highest BCUT2D eigenvalue weighted by Crippen LogP contribution is 2.21. The van der Waals surface area contributed by atoms with E-state index in [0.717, 1.165) is 12.1 Å². The lowest BCUT2D eigenvalue weighted by Crippen LogP contribution is -2.51. The Labute approximate surface area is 157 Å². The molecule has 1 aromatic heterocycles. The number of aromatic nitrogens is 1. The van der Waals surface area contributed by atoms with Crippen molar-refractivity contribution < 1.29 is 13.9 Å². The Kier molecular flexibility index (Phi) is 6.19. The van der Waals surface area contributed by atoms with Gasteiger partial charge in [-0.2, -0.15) is 0 Å². The zero-order chi connectivity index (χ0) is 19.1. The van der Waals surface area contributed by atoms with E-state index in [-0.39, 0.29) is 17.8 Å². The summed E-state index contributed by atoms with van der Waals surface area (Å²) in [6, 6.07) is 9.54. The minimum Gasteiger partial charge on any atom is -0.457 e. The first-order valence-electron chi connectivity index (χ1n) is 8.74. The summed E-state index contributed by atoms with van der Waals surface area (Å²) in [5.74, 6) is 1.59. The Hall–Kier alpha value is -3.16. The maximum Gasteiger partial charge on any atom is 0.220 e. The van der Waals surface area contributed by atoms with Crippen LogP contribution in [0.1, 0.15) is 18.5 Å². The van der Waals surface area contributed by atoms with Crippen LogP contribution in [0.25, 0.3) is 0 Å². The van der Waals surface area contributed by atoms with E-state index in [1.165, 1.54) is 12.1 Å². The van der Waals surface area contributed by atoms with E-state index in [2.05, 4.69) is 25.9 Å². The van der Waals surface area contributed by atoms with E-state index in [9.17, 15) is 9.18 Å². The second kappa shape index (κ2) is 8.98. The van der Waals surface area contributed by atoms with Crippen LogP contribution in [0.5, 0.6) is 11.5 Å². The number of nitrogens with one attached hydrogen (secondary N) is 3. The summed E-state index contributed by atoms with van der Waals surface area (Å²) in [4.78, 5) is 19.7. The first-order chi connectivity index (χ1) is 13.1. The lowest BCUT2D eigenvalue weighted by Gasteiger charge is -2.25. The highest BCUT2D eigenvalue weighted by atomic mass is 19.1. The maximum atomic E-state index is 13.0. The van der Waals surface area contributed by atoms with Crippen molar-refractivity contribution in [2.75, 3.05) is 13.6 Å². The molecule has 3 rings (SSSR count). The normalized spacial score (nSPS) is 17.2. The fourth-order valence-corrected chi connectivity index (χ4v) is 2.67. The summed E-state index contributed by atoms with van der Waals surface area (Å²) < 4.78 is 18.7. The van der Waals surface area contributed by atoms with Crippen molar-refractivity contribution in [1.82, 2.24) is 20.9 Å². The smallest absolute Gasteiger partial charge is 0.220 e. The van der Waals surface area contributed by atoms with Crippen LogP contribution in [0.15, 0.2) is 47.6 Å². The third kappa shape index (κ3) is 5.67. The van der Waals surface area contributed by atoms with Crippen LogP contribution in [-0.2, 0) is 11.3 Å². The van der Waals surface area contributed by atoms with Gasteiger partial charge in [0.2, 0.25) is 5.91 Å². The standard InChI is InChI=1S/C19H22FN5O2/c1-21-19(25-14-4-7-18(26)23-11-14)24-12-15-10-17(8-9-22-15)27-16-5-2-13(20)3-6-16/h2-3,5-6,8-10,14H,4,7,11-12H2,1H3,(H,23,26)(H2,21,24,25). The number of benzene rings is 1. The molecule has 1 atom stereocenters. The fourth-order valence-electron chi connectivity index (χ4n) is 2.67. The molecule has 2 aromatic rings. The quantitative estimate of drug-likeness (QED) is 0.552. The highest BCUT2D eigenvalue weighted by Gasteiger charge is 2.18. The monoisotopic (exact) mass is 371 g/mol. The molecule has 1 aromatic carbocycles. The fraction of sp³-hybridized carbons (Fsp3) is 0.316. The molecule has 0 spiro atoms. The van der Waals surface area contributed by atoms with Crippen molar-refractivity contribution in [2.24, 2.45) is 4.99 Å². The lowest BCUT2D eigenvalue weighted by molar-refractivity contribution is -0.122. The van der Waals surface area contributed by atoms with Crippen molar-refractivity contribution in [2.45, 2.75) is 25.4 Å². The molecule has 0 saturated carbocycles. The number of guanidine groups is 1. The van der Waals surface area contributed by atoms with E-state index in [1.807, 2.05) is 6.07 Å². The van der Waals surface area contributed by atoms with Gasteiger partial charge in [-0.15, -0.1) is 0 Å². The predicted octanol–water partition coefficient (Wildman–Crippen LogP) is 1.96. The highest BCUT2D eigenvalue weighted by molar-refractivity contribution is 5.81. The topological polar surface area (TPSA) is 87.6 Å². The van der Waals surface area contributed by atoms with Gasteiger partial charge in [0.05, 0.1) is 12.2 Å². The number of hydrogen-bond acceptors (Lipinski definition) is 4. The molecular formula is C19H22FN5O2. The average Bonchev–Trinajstić information content (AvgIpc) is 2.69. The van der Waals surface area contributed by atoms with Crippen molar-refractivity contribution in [3.05, 3.63) is 54.1 Å². The lowest BCUT2D eigenvalue weighted by atomic mass is 10.1. The van der Waals surface area contributed by atoms with Crippen LogP contribution < -0.4 is 20.7 Å². The van der Waals surface area contributed by atoms with Gasteiger partial charge in [-0.05, 0) is 36.8 Å². The molecule has 1 fully saturated rings. The summed E-state index contributed by atoms with van der Waals surface area (Å²) in [6.45, 7) is 1.04. The number of piperidine rings is 1. The summed E-state index contributed by atoms with van der Waals surface area (Å²) >= 11 is 0. The van der Waals surface area contributed by atoms with Gasteiger partial charge in [-0.3, -0.25) is 14.8 Å². The average molecular weight is 371 g/mol. The SMILES string of the molecule is CN=C(NCc1cc(Oc2ccc(F)cc2)ccn1)NC1CCC(=O)NC1. The number of pyridine rings is 1. The van der Waals surface area contributed by atoms with Crippen LogP contribution in [0.2, 0.25) is 0 Å². The molecule has 0 radical (unpaired) electrons. The van der Waals surface area contributed by atoms with Gasteiger partial charge in [0.25, 0.3) is 0 Å². The Morgan fingerprint density at radius 2 is 2.15 bits per heavy atom. The number of aliphatic imine (C=N–C) groups is 1. The van der Waals surface area contributed by atoms with Gasteiger partial charge in [-0.1, -0.05) is 0 Å². The summed E-state index contributed by atoms with van der Waals surface area (Å²) in [6.07, 6.45) is 2.94. The maximum absolute atomic E-state index is 13.0. The molecule has 8 heteroatoms. The van der Waals surface area contributed by atoms with Crippen molar-refractivity contribution in [3.63, 3.8) is 0 Å². The number of halogens is 1. The Balaban J connectivity index is 1.54. The molecule has 0 aliphatic carbocycles. The number of rotatable bonds is 5. The largest absolute Gasteiger partial charge is 0.457 e. The molecule has 1 saturated heterocycles. The first-order valence-corrected chi connectivity index (χ1v) is 8.74. The van der Waals surface area contributed by atoms with Crippen LogP contribution in [0.3, 0.4) is 0 Å². The van der Waals surface area contributed by atoms with E-state index in [0.29, 0.717) is 37.0 Å². The Morgan fingerprint density at radius 1 is 1.33 bits per heavy atom. The minimum absolute atomic E-state index is 0.0816. The summed E-state index contributed by atoms with van der Waals surface area (Å²) in [5, 5.41) is 9.32. The van der Waals surface area contributed by atoms with Gasteiger partial charge < -0.3 is 20.7 Å². The van der Waals surface area contributed by atoms with Gasteiger partial charge in [0.15, 0.2) is 5.96 Å². The number of hydrogen-bond donors (Lipinski definition) is 3. The molecule has 1 aliphatic heterocycles. The molecule has 1 amide bonds. The van der Waals surface area contributed by atoms with E-state index < -0.39 is 0 Å². The van der Waals surface area contributed by atoms with Gasteiger partial charge in [0, 0.05) is 38.3 Å². The van der Waals surface area contributed by atoms with Crippen LogP contribution in [0, 0.1) is 5.82 Å². The summed E-state index contributed by atoms with van der Waals surface area (Å²) in [5.41, 5.74) is 0.773. The molecule has 2 heterocycles. The Morgan fingerprint density at radius 3 is 2.85 bits per heavy atom. The number of nitrogens with zero attached hydrogens (tertiary/aromatic N) is 2. The van der Waals surface area contributed by atoms with Gasteiger partial charge >= 0.3 is 0 Å².